The van der Waals surface area contributed by atoms with Crippen molar-refractivity contribution in [2.45, 2.75) is 13.1 Å². The molecule has 0 saturated heterocycles. The van der Waals surface area contributed by atoms with Crippen LogP contribution in [0.15, 0.2) is 77.7 Å². The van der Waals surface area contributed by atoms with E-state index in [-0.39, 0.29) is 5.56 Å². The Morgan fingerprint density at radius 2 is 1.50 bits per heavy atom. The third-order valence-electron chi connectivity index (χ3n) is 3.37. The van der Waals surface area contributed by atoms with Gasteiger partial charge < -0.3 is 9.88 Å². The highest BCUT2D eigenvalue weighted by molar-refractivity contribution is 5.30. The van der Waals surface area contributed by atoms with Crippen molar-refractivity contribution in [2.75, 3.05) is 5.32 Å². The summed E-state index contributed by atoms with van der Waals surface area (Å²) in [6.45, 7) is 1.30. The number of anilines is 1. The molecule has 0 fully saturated rings. The highest BCUT2D eigenvalue weighted by Gasteiger charge is 2.03. The Kier molecular flexibility index (Phi) is 4.30. The average Bonchev–Trinajstić information content (AvgIpc) is 2.57. The minimum absolute atomic E-state index is 0.236. The van der Waals surface area contributed by atoms with Crippen molar-refractivity contribution >= 4 is 5.95 Å². The van der Waals surface area contributed by atoms with Gasteiger partial charge in [0.2, 0.25) is 5.95 Å². The van der Waals surface area contributed by atoms with Gasteiger partial charge >= 0.3 is 0 Å². The third-order valence-corrected chi connectivity index (χ3v) is 3.37. The minimum atomic E-state index is -0.236. The second-order valence-corrected chi connectivity index (χ2v) is 5.04. The van der Waals surface area contributed by atoms with Crippen molar-refractivity contribution in [2.24, 2.45) is 0 Å². The van der Waals surface area contributed by atoms with Gasteiger partial charge in [-0.2, -0.15) is 4.98 Å². The molecule has 1 aromatic heterocycles. The summed E-state index contributed by atoms with van der Waals surface area (Å²) in [5.74, 6) is 0.584. The molecule has 2 aromatic carbocycles. The van der Waals surface area contributed by atoms with Crippen molar-refractivity contribution in [1.29, 1.82) is 0 Å². The Balaban J connectivity index is 1.80. The van der Waals surface area contributed by atoms with Crippen LogP contribution in [0.25, 0.3) is 0 Å². The van der Waals surface area contributed by atoms with Crippen LogP contribution in [0.2, 0.25) is 0 Å². The Morgan fingerprint density at radius 3 is 2.18 bits per heavy atom. The zero-order valence-electron chi connectivity index (χ0n) is 12.1. The molecule has 0 saturated carbocycles. The molecule has 4 heteroatoms. The van der Waals surface area contributed by atoms with E-state index in [1.807, 2.05) is 53.1 Å². The predicted octanol–water partition coefficient (Wildman–Crippen LogP) is 2.90. The standard InChI is InChI=1S/C18H17N3O/c22-17-11-12-21(14-16-9-5-2-6-10-16)18(20-17)19-13-15-7-3-1-4-8-15/h1-12H,13-14H2,(H,19,20,22). The summed E-state index contributed by atoms with van der Waals surface area (Å²) >= 11 is 0. The Hall–Kier alpha value is -2.88. The number of hydrogen-bond acceptors (Lipinski definition) is 3. The first kappa shape index (κ1) is 14.1. The van der Waals surface area contributed by atoms with E-state index in [0.29, 0.717) is 19.0 Å². The van der Waals surface area contributed by atoms with Gasteiger partial charge in [-0.1, -0.05) is 60.7 Å². The molecule has 110 valence electrons. The van der Waals surface area contributed by atoms with Crippen molar-refractivity contribution in [3.05, 3.63) is 94.4 Å². The molecule has 0 atom stereocenters. The highest BCUT2D eigenvalue weighted by Crippen LogP contribution is 2.09. The van der Waals surface area contributed by atoms with Gasteiger partial charge in [0, 0.05) is 18.8 Å². The van der Waals surface area contributed by atoms with Crippen LogP contribution in [-0.2, 0) is 13.1 Å². The maximum Gasteiger partial charge on any atom is 0.274 e. The number of nitrogens with one attached hydrogen (secondary N) is 1. The molecule has 3 rings (SSSR count). The molecule has 22 heavy (non-hydrogen) atoms. The van der Waals surface area contributed by atoms with E-state index in [1.165, 1.54) is 6.07 Å². The maximum absolute atomic E-state index is 11.5. The lowest BCUT2D eigenvalue weighted by Gasteiger charge is -2.13. The van der Waals surface area contributed by atoms with Gasteiger partial charge in [-0.05, 0) is 11.1 Å². The molecule has 1 N–H and O–H groups in total. The molecule has 4 nitrogen and oxygen atoms in total. The molecule has 0 bridgehead atoms. The molecule has 0 amide bonds. The molecule has 0 spiro atoms. The highest BCUT2D eigenvalue weighted by atomic mass is 16.1. The van der Waals surface area contributed by atoms with Crippen molar-refractivity contribution in [3.8, 4) is 0 Å². The van der Waals surface area contributed by atoms with E-state index in [9.17, 15) is 4.79 Å². The molecule has 1 heterocycles. The lowest BCUT2D eigenvalue weighted by atomic mass is 10.2. The summed E-state index contributed by atoms with van der Waals surface area (Å²) in [6.07, 6.45) is 1.77. The molecular weight excluding hydrogens is 274 g/mol. The second-order valence-electron chi connectivity index (χ2n) is 5.04. The zero-order chi connectivity index (χ0) is 15.2. The summed E-state index contributed by atoms with van der Waals surface area (Å²) in [4.78, 5) is 15.6. The predicted molar refractivity (Wildman–Crippen MR) is 87.8 cm³/mol. The first-order chi connectivity index (χ1) is 10.8. The van der Waals surface area contributed by atoms with Gasteiger partial charge in [0.15, 0.2) is 0 Å². The number of aromatic nitrogens is 2. The smallest absolute Gasteiger partial charge is 0.274 e. The van der Waals surface area contributed by atoms with Crippen LogP contribution >= 0.6 is 0 Å². The molecule has 0 aliphatic heterocycles. The molecule has 3 aromatic rings. The van der Waals surface area contributed by atoms with Gasteiger partial charge in [0.25, 0.3) is 5.56 Å². The van der Waals surface area contributed by atoms with Crippen LogP contribution in [0.4, 0.5) is 5.95 Å². The lowest BCUT2D eigenvalue weighted by Crippen LogP contribution is -2.17. The number of nitrogens with zero attached hydrogens (tertiary/aromatic N) is 2. The van der Waals surface area contributed by atoms with Crippen molar-refractivity contribution in [1.82, 2.24) is 9.55 Å². The summed E-state index contributed by atoms with van der Waals surface area (Å²) in [7, 11) is 0. The normalized spacial score (nSPS) is 10.4. The van der Waals surface area contributed by atoms with Crippen LogP contribution in [0.5, 0.6) is 0 Å². The quantitative estimate of drug-likeness (QED) is 0.786. The summed E-state index contributed by atoms with van der Waals surface area (Å²) in [5.41, 5.74) is 2.07. The average molecular weight is 291 g/mol. The Bertz CT molecular complexity index is 782. The molecular formula is C18H17N3O. The van der Waals surface area contributed by atoms with Gasteiger partial charge in [-0.25, -0.2) is 0 Å². The molecule has 0 radical (unpaired) electrons. The number of hydrogen-bond donors (Lipinski definition) is 1. The largest absolute Gasteiger partial charge is 0.351 e. The van der Waals surface area contributed by atoms with Crippen LogP contribution in [0.1, 0.15) is 11.1 Å². The third kappa shape index (κ3) is 3.61. The van der Waals surface area contributed by atoms with Crippen molar-refractivity contribution in [3.63, 3.8) is 0 Å². The van der Waals surface area contributed by atoms with Crippen LogP contribution in [-0.4, -0.2) is 9.55 Å². The Labute approximate surface area is 129 Å². The first-order valence-corrected chi connectivity index (χ1v) is 7.20. The van der Waals surface area contributed by atoms with Crippen LogP contribution in [0.3, 0.4) is 0 Å². The summed E-state index contributed by atoms with van der Waals surface area (Å²) < 4.78 is 1.94. The first-order valence-electron chi connectivity index (χ1n) is 7.20. The molecule has 0 aliphatic carbocycles. The molecule has 0 aliphatic rings. The van der Waals surface area contributed by atoms with Gasteiger partial charge in [-0.15, -0.1) is 0 Å². The monoisotopic (exact) mass is 291 g/mol. The zero-order valence-corrected chi connectivity index (χ0v) is 12.1. The minimum Gasteiger partial charge on any atom is -0.351 e. The van der Waals surface area contributed by atoms with E-state index in [4.69, 9.17) is 0 Å². The maximum atomic E-state index is 11.5. The second kappa shape index (κ2) is 6.72. The van der Waals surface area contributed by atoms with Crippen LogP contribution < -0.4 is 10.9 Å². The number of rotatable bonds is 5. The summed E-state index contributed by atoms with van der Waals surface area (Å²) in [5, 5.41) is 3.24. The van der Waals surface area contributed by atoms with Gasteiger partial charge in [0.05, 0.1) is 6.54 Å². The van der Waals surface area contributed by atoms with Crippen molar-refractivity contribution < 1.29 is 0 Å². The van der Waals surface area contributed by atoms with E-state index < -0.39 is 0 Å². The van der Waals surface area contributed by atoms with Gasteiger partial charge in [0.1, 0.15) is 0 Å². The van der Waals surface area contributed by atoms with E-state index in [2.05, 4.69) is 22.4 Å². The molecule has 0 unspecified atom stereocenters. The lowest BCUT2D eigenvalue weighted by molar-refractivity contribution is 0.762. The SMILES string of the molecule is O=c1ccn(Cc2ccccc2)c(NCc2ccccc2)n1. The Morgan fingerprint density at radius 1 is 0.864 bits per heavy atom. The van der Waals surface area contributed by atoms with E-state index in [1.54, 1.807) is 6.20 Å². The summed E-state index contributed by atoms with van der Waals surface area (Å²) in [6, 6.07) is 21.6. The van der Waals surface area contributed by atoms with Crippen LogP contribution in [0, 0.1) is 0 Å². The number of benzene rings is 2. The fraction of sp³-hybridized carbons (Fsp3) is 0.111. The topological polar surface area (TPSA) is 46.9 Å². The van der Waals surface area contributed by atoms with Gasteiger partial charge in [-0.3, -0.25) is 4.79 Å². The van der Waals surface area contributed by atoms with E-state index in [0.717, 1.165) is 11.1 Å². The fourth-order valence-corrected chi connectivity index (χ4v) is 2.26. The fourth-order valence-electron chi connectivity index (χ4n) is 2.26. The van der Waals surface area contributed by atoms with E-state index >= 15 is 0 Å².